The predicted octanol–water partition coefficient (Wildman–Crippen LogP) is 1.54. The van der Waals surface area contributed by atoms with Gasteiger partial charge in [-0.2, -0.15) is 5.10 Å². The van der Waals surface area contributed by atoms with E-state index in [9.17, 15) is 9.59 Å². The SMILES string of the molecule is O=C(CNC(=O)c1ccco1)N/N=C/c1cc2c(cc1Cl)OCO2. The molecule has 1 aromatic heterocycles. The summed E-state index contributed by atoms with van der Waals surface area (Å²) in [5.74, 6) is 0.249. The van der Waals surface area contributed by atoms with E-state index in [0.29, 0.717) is 22.1 Å². The lowest BCUT2D eigenvalue weighted by Gasteiger charge is -2.03. The van der Waals surface area contributed by atoms with Crippen LogP contribution >= 0.6 is 11.6 Å². The van der Waals surface area contributed by atoms with Crippen LogP contribution in [0.15, 0.2) is 40.0 Å². The van der Waals surface area contributed by atoms with Gasteiger partial charge in [-0.15, -0.1) is 0 Å². The van der Waals surface area contributed by atoms with E-state index in [1.54, 1.807) is 18.2 Å². The third-order valence-electron chi connectivity index (χ3n) is 3.04. The molecule has 0 saturated heterocycles. The molecular formula is C15H12ClN3O5. The molecule has 0 unspecified atom stereocenters. The highest BCUT2D eigenvalue weighted by Crippen LogP contribution is 2.36. The zero-order chi connectivity index (χ0) is 16.9. The molecule has 2 heterocycles. The monoisotopic (exact) mass is 349 g/mol. The Morgan fingerprint density at radius 2 is 2.08 bits per heavy atom. The van der Waals surface area contributed by atoms with Crippen LogP contribution in [0, 0.1) is 0 Å². The first kappa shape index (κ1) is 15.9. The van der Waals surface area contributed by atoms with Gasteiger partial charge in [0, 0.05) is 11.6 Å². The molecule has 2 N–H and O–H groups in total. The Balaban J connectivity index is 1.51. The van der Waals surface area contributed by atoms with Gasteiger partial charge >= 0.3 is 0 Å². The van der Waals surface area contributed by atoms with Crippen molar-refractivity contribution in [3.63, 3.8) is 0 Å². The Hall–Kier alpha value is -3.00. The minimum atomic E-state index is -0.497. The molecule has 9 heteroatoms. The summed E-state index contributed by atoms with van der Waals surface area (Å²) in [7, 11) is 0. The second-order valence-corrected chi connectivity index (χ2v) is 5.09. The van der Waals surface area contributed by atoms with Crippen molar-refractivity contribution in [1.29, 1.82) is 0 Å². The number of rotatable bonds is 5. The zero-order valence-corrected chi connectivity index (χ0v) is 13.0. The van der Waals surface area contributed by atoms with Gasteiger partial charge in [0.2, 0.25) is 6.79 Å². The summed E-state index contributed by atoms with van der Waals surface area (Å²) in [6.45, 7) is -0.107. The Kier molecular flexibility index (Phi) is 4.66. The Morgan fingerprint density at radius 1 is 1.29 bits per heavy atom. The van der Waals surface area contributed by atoms with Crippen molar-refractivity contribution in [2.24, 2.45) is 5.10 Å². The smallest absolute Gasteiger partial charge is 0.287 e. The average Bonchev–Trinajstić information content (AvgIpc) is 3.23. The Morgan fingerprint density at radius 3 is 2.83 bits per heavy atom. The number of fused-ring (bicyclic) bond motifs is 1. The van der Waals surface area contributed by atoms with Crippen molar-refractivity contribution in [3.05, 3.63) is 46.9 Å². The molecule has 8 nitrogen and oxygen atoms in total. The van der Waals surface area contributed by atoms with Crippen molar-refractivity contribution in [2.75, 3.05) is 13.3 Å². The first-order valence-electron chi connectivity index (χ1n) is 6.86. The Labute approximate surface area is 141 Å². The molecule has 0 aliphatic carbocycles. The minimum absolute atomic E-state index is 0.124. The summed E-state index contributed by atoms with van der Waals surface area (Å²) in [6.07, 6.45) is 2.74. The third kappa shape index (κ3) is 3.66. The molecule has 0 radical (unpaired) electrons. The molecule has 0 fully saturated rings. The van der Waals surface area contributed by atoms with E-state index >= 15 is 0 Å². The van der Waals surface area contributed by atoms with E-state index in [1.807, 2.05) is 0 Å². The molecule has 0 spiro atoms. The first-order valence-corrected chi connectivity index (χ1v) is 7.24. The van der Waals surface area contributed by atoms with Gasteiger partial charge in [-0.1, -0.05) is 11.6 Å². The number of carbonyl (C=O) groups is 2. The van der Waals surface area contributed by atoms with Crippen LogP contribution < -0.4 is 20.2 Å². The molecule has 124 valence electrons. The van der Waals surface area contributed by atoms with Gasteiger partial charge in [0.25, 0.3) is 11.8 Å². The average molecular weight is 350 g/mol. The summed E-state index contributed by atoms with van der Waals surface area (Å²) in [6, 6.07) is 6.33. The van der Waals surface area contributed by atoms with Crippen LogP contribution in [-0.2, 0) is 4.79 Å². The highest BCUT2D eigenvalue weighted by atomic mass is 35.5. The number of nitrogens with zero attached hydrogens (tertiary/aromatic N) is 1. The maximum atomic E-state index is 11.6. The van der Waals surface area contributed by atoms with Crippen LogP contribution in [0.2, 0.25) is 5.02 Å². The maximum absolute atomic E-state index is 11.6. The van der Waals surface area contributed by atoms with E-state index in [2.05, 4.69) is 15.8 Å². The molecule has 2 aromatic rings. The van der Waals surface area contributed by atoms with Gasteiger partial charge in [0.15, 0.2) is 17.3 Å². The van der Waals surface area contributed by atoms with Crippen LogP contribution in [-0.4, -0.2) is 31.4 Å². The molecule has 0 saturated carbocycles. The van der Waals surface area contributed by atoms with E-state index in [-0.39, 0.29) is 19.1 Å². The van der Waals surface area contributed by atoms with Gasteiger partial charge in [-0.3, -0.25) is 9.59 Å². The number of hydrogen-bond acceptors (Lipinski definition) is 6. The topological polar surface area (TPSA) is 102 Å². The summed E-state index contributed by atoms with van der Waals surface area (Å²) in [5.41, 5.74) is 2.84. The van der Waals surface area contributed by atoms with Crippen molar-refractivity contribution in [2.45, 2.75) is 0 Å². The normalized spacial score (nSPS) is 12.4. The summed E-state index contributed by atoms with van der Waals surface area (Å²) in [5, 5.41) is 6.59. The molecule has 0 bridgehead atoms. The summed E-state index contributed by atoms with van der Waals surface area (Å²) >= 11 is 6.08. The van der Waals surface area contributed by atoms with Crippen molar-refractivity contribution < 1.29 is 23.5 Å². The van der Waals surface area contributed by atoms with Crippen LogP contribution in [0.4, 0.5) is 0 Å². The number of benzene rings is 1. The van der Waals surface area contributed by atoms with E-state index in [4.69, 9.17) is 25.5 Å². The van der Waals surface area contributed by atoms with Gasteiger partial charge in [-0.05, 0) is 18.2 Å². The molecule has 0 atom stereocenters. The van der Waals surface area contributed by atoms with E-state index < -0.39 is 11.8 Å². The van der Waals surface area contributed by atoms with E-state index in [1.165, 1.54) is 18.5 Å². The number of halogens is 1. The predicted molar refractivity (Wildman–Crippen MR) is 84.4 cm³/mol. The fourth-order valence-corrected chi connectivity index (χ4v) is 2.10. The molecular weight excluding hydrogens is 338 g/mol. The summed E-state index contributed by atoms with van der Waals surface area (Å²) < 4.78 is 15.3. The quantitative estimate of drug-likeness (QED) is 0.629. The largest absolute Gasteiger partial charge is 0.459 e. The van der Waals surface area contributed by atoms with Gasteiger partial charge in [0.1, 0.15) is 0 Å². The fraction of sp³-hybridized carbons (Fsp3) is 0.133. The highest BCUT2D eigenvalue weighted by Gasteiger charge is 2.15. The standard InChI is InChI=1S/C15H12ClN3O5/c16-10-5-13-12(23-8-24-13)4-9(10)6-18-19-14(20)7-17-15(21)11-2-1-3-22-11/h1-6H,7-8H2,(H,17,21)(H,19,20)/b18-6+. The van der Waals surface area contributed by atoms with Crippen molar-refractivity contribution in [1.82, 2.24) is 10.7 Å². The molecule has 1 aliphatic heterocycles. The van der Waals surface area contributed by atoms with Gasteiger partial charge in [-0.25, -0.2) is 5.43 Å². The second kappa shape index (κ2) is 7.05. The Bertz CT molecular complexity index is 789. The second-order valence-electron chi connectivity index (χ2n) is 4.68. The maximum Gasteiger partial charge on any atom is 0.287 e. The first-order chi connectivity index (χ1) is 11.6. The number of hydrazone groups is 1. The van der Waals surface area contributed by atoms with Gasteiger partial charge < -0.3 is 19.2 Å². The van der Waals surface area contributed by atoms with Crippen LogP contribution in [0.5, 0.6) is 11.5 Å². The molecule has 24 heavy (non-hydrogen) atoms. The lowest BCUT2D eigenvalue weighted by Crippen LogP contribution is -2.34. The van der Waals surface area contributed by atoms with Crippen molar-refractivity contribution in [3.8, 4) is 11.5 Å². The highest BCUT2D eigenvalue weighted by molar-refractivity contribution is 6.33. The molecule has 3 rings (SSSR count). The van der Waals surface area contributed by atoms with Crippen LogP contribution in [0.1, 0.15) is 16.1 Å². The number of hydrogen-bond donors (Lipinski definition) is 2. The summed E-state index contributed by atoms with van der Waals surface area (Å²) in [4.78, 5) is 23.2. The molecule has 2 amide bonds. The number of furan rings is 1. The van der Waals surface area contributed by atoms with Crippen LogP contribution in [0.25, 0.3) is 0 Å². The minimum Gasteiger partial charge on any atom is -0.459 e. The zero-order valence-electron chi connectivity index (χ0n) is 12.2. The number of carbonyl (C=O) groups excluding carboxylic acids is 2. The molecule has 1 aromatic carbocycles. The lowest BCUT2D eigenvalue weighted by molar-refractivity contribution is -0.120. The van der Waals surface area contributed by atoms with Gasteiger partial charge in [0.05, 0.1) is 24.0 Å². The van der Waals surface area contributed by atoms with E-state index in [0.717, 1.165) is 0 Å². The molecule has 1 aliphatic rings. The fourth-order valence-electron chi connectivity index (χ4n) is 1.90. The van der Waals surface area contributed by atoms with Crippen LogP contribution in [0.3, 0.4) is 0 Å². The van der Waals surface area contributed by atoms with Crippen molar-refractivity contribution >= 4 is 29.6 Å². The lowest BCUT2D eigenvalue weighted by atomic mass is 10.2. The third-order valence-corrected chi connectivity index (χ3v) is 3.37. The number of nitrogens with one attached hydrogen (secondary N) is 2. The number of ether oxygens (including phenoxy) is 2. The number of amides is 2.